The van der Waals surface area contributed by atoms with Crippen molar-refractivity contribution in [2.45, 2.75) is 13.0 Å². The van der Waals surface area contributed by atoms with Gasteiger partial charge in [0, 0.05) is 5.56 Å². The van der Waals surface area contributed by atoms with Gasteiger partial charge in [-0.1, -0.05) is 18.2 Å². The number of aliphatic carboxylic acids is 2. The van der Waals surface area contributed by atoms with Gasteiger partial charge in [-0.3, -0.25) is 9.59 Å². The molecule has 96 valence electrons. The van der Waals surface area contributed by atoms with Crippen LogP contribution in [0.5, 0.6) is 0 Å². The normalized spacial score (nSPS) is 13.4. The van der Waals surface area contributed by atoms with E-state index in [4.69, 9.17) is 10.2 Å². The number of carboxylic acids is 2. The molecule has 1 rings (SSSR count). The lowest BCUT2D eigenvalue weighted by Gasteiger charge is -2.18. The Kier molecular flexibility index (Phi) is 4.42. The van der Waals surface area contributed by atoms with Crippen molar-refractivity contribution in [3.05, 3.63) is 35.9 Å². The highest BCUT2D eigenvalue weighted by Gasteiger charge is 2.31. The maximum Gasteiger partial charge on any atom is 0.327 e. The van der Waals surface area contributed by atoms with Crippen molar-refractivity contribution in [3.8, 4) is 0 Å². The van der Waals surface area contributed by atoms with Gasteiger partial charge in [0.2, 0.25) is 0 Å². The molecule has 1 amide bonds. The van der Waals surface area contributed by atoms with Gasteiger partial charge in [0.05, 0.1) is 5.92 Å². The fourth-order valence-corrected chi connectivity index (χ4v) is 1.36. The molecule has 0 radical (unpaired) electrons. The predicted molar refractivity (Wildman–Crippen MR) is 62.1 cm³/mol. The Morgan fingerprint density at radius 1 is 1.06 bits per heavy atom. The summed E-state index contributed by atoms with van der Waals surface area (Å²) in [6.45, 7) is 1.23. The molecule has 0 spiro atoms. The molecule has 6 nitrogen and oxygen atoms in total. The Balaban J connectivity index is 2.83. The highest BCUT2D eigenvalue weighted by molar-refractivity contribution is 5.97. The average molecular weight is 251 g/mol. The van der Waals surface area contributed by atoms with E-state index in [9.17, 15) is 14.4 Å². The molecule has 2 atom stereocenters. The summed E-state index contributed by atoms with van der Waals surface area (Å²) in [5, 5.41) is 19.9. The number of carbonyl (C=O) groups is 3. The summed E-state index contributed by atoms with van der Waals surface area (Å²) in [6, 6.07) is 6.54. The van der Waals surface area contributed by atoms with E-state index < -0.39 is 29.8 Å². The third-order valence-electron chi connectivity index (χ3n) is 2.48. The molecule has 1 aromatic rings. The highest BCUT2D eigenvalue weighted by Crippen LogP contribution is 2.06. The second-order valence-corrected chi connectivity index (χ2v) is 3.78. The molecular weight excluding hydrogens is 238 g/mol. The molecular formula is C12H13NO5. The van der Waals surface area contributed by atoms with Crippen LogP contribution in [0, 0.1) is 5.92 Å². The minimum absolute atomic E-state index is 0.279. The molecule has 18 heavy (non-hydrogen) atoms. The lowest BCUT2D eigenvalue weighted by molar-refractivity contribution is -0.149. The predicted octanol–water partition coefficient (Wildman–Crippen LogP) is 0.590. The summed E-state index contributed by atoms with van der Waals surface area (Å²) in [5.74, 6) is -4.49. The van der Waals surface area contributed by atoms with Crippen molar-refractivity contribution < 1.29 is 24.6 Å². The zero-order valence-corrected chi connectivity index (χ0v) is 9.66. The summed E-state index contributed by atoms with van der Waals surface area (Å²) >= 11 is 0. The molecule has 0 fully saturated rings. The van der Waals surface area contributed by atoms with E-state index in [1.165, 1.54) is 19.1 Å². The molecule has 0 aliphatic carbocycles. The topological polar surface area (TPSA) is 104 Å². The van der Waals surface area contributed by atoms with Crippen molar-refractivity contribution in [2.24, 2.45) is 5.92 Å². The first kappa shape index (κ1) is 13.7. The Morgan fingerprint density at radius 3 is 2.06 bits per heavy atom. The molecule has 0 bridgehead atoms. The van der Waals surface area contributed by atoms with Crippen molar-refractivity contribution in [1.29, 1.82) is 0 Å². The fraction of sp³-hybridized carbons (Fsp3) is 0.250. The van der Waals surface area contributed by atoms with Gasteiger partial charge in [0.1, 0.15) is 6.04 Å². The van der Waals surface area contributed by atoms with E-state index in [0.717, 1.165) is 0 Å². The second-order valence-electron chi connectivity index (χ2n) is 3.78. The van der Waals surface area contributed by atoms with Gasteiger partial charge in [-0.05, 0) is 19.1 Å². The van der Waals surface area contributed by atoms with Crippen molar-refractivity contribution in [1.82, 2.24) is 5.32 Å². The smallest absolute Gasteiger partial charge is 0.327 e. The van der Waals surface area contributed by atoms with Crippen LogP contribution in [0.2, 0.25) is 0 Å². The average Bonchev–Trinajstić information content (AvgIpc) is 2.35. The van der Waals surface area contributed by atoms with Crippen LogP contribution in [0.3, 0.4) is 0 Å². The number of carbonyl (C=O) groups excluding carboxylic acids is 1. The summed E-state index contributed by atoms with van der Waals surface area (Å²) in [5.41, 5.74) is 0.279. The molecule has 3 N–H and O–H groups in total. The molecule has 0 heterocycles. The number of nitrogens with one attached hydrogen (secondary N) is 1. The number of amides is 1. The number of carboxylic acid groups (broad SMARTS) is 2. The maximum atomic E-state index is 11.7. The number of hydrogen-bond donors (Lipinski definition) is 3. The molecule has 1 aromatic carbocycles. The van der Waals surface area contributed by atoms with Gasteiger partial charge < -0.3 is 15.5 Å². The van der Waals surface area contributed by atoms with Crippen molar-refractivity contribution >= 4 is 17.8 Å². The van der Waals surface area contributed by atoms with E-state index in [2.05, 4.69) is 5.32 Å². The Bertz CT molecular complexity index is 457. The Hall–Kier alpha value is -2.37. The third kappa shape index (κ3) is 3.31. The van der Waals surface area contributed by atoms with Gasteiger partial charge in [-0.25, -0.2) is 4.79 Å². The summed E-state index contributed by atoms with van der Waals surface area (Å²) in [4.78, 5) is 33.4. The van der Waals surface area contributed by atoms with Crippen LogP contribution in [-0.4, -0.2) is 34.1 Å². The van der Waals surface area contributed by atoms with Crippen molar-refractivity contribution in [3.63, 3.8) is 0 Å². The van der Waals surface area contributed by atoms with E-state index in [1.807, 2.05) is 0 Å². The van der Waals surface area contributed by atoms with E-state index in [-0.39, 0.29) is 5.56 Å². The van der Waals surface area contributed by atoms with Gasteiger partial charge in [0.25, 0.3) is 5.91 Å². The largest absolute Gasteiger partial charge is 0.481 e. The maximum absolute atomic E-state index is 11.7. The molecule has 0 aliphatic heterocycles. The first-order valence-electron chi connectivity index (χ1n) is 5.25. The van der Waals surface area contributed by atoms with Gasteiger partial charge >= 0.3 is 11.9 Å². The van der Waals surface area contributed by atoms with Crippen LogP contribution in [0.15, 0.2) is 30.3 Å². The molecule has 0 saturated carbocycles. The van der Waals surface area contributed by atoms with Crippen molar-refractivity contribution in [2.75, 3.05) is 0 Å². The minimum Gasteiger partial charge on any atom is -0.481 e. The SMILES string of the molecule is C[C@@H](C(=O)O)[C@@H](NC(=O)c1ccccc1)C(=O)O. The fourth-order valence-electron chi connectivity index (χ4n) is 1.36. The van der Waals surface area contributed by atoms with Crippen LogP contribution in [-0.2, 0) is 9.59 Å². The van der Waals surface area contributed by atoms with E-state index in [0.29, 0.717) is 0 Å². The van der Waals surface area contributed by atoms with Crippen LogP contribution in [0.4, 0.5) is 0 Å². The summed E-state index contributed by atoms with van der Waals surface area (Å²) in [6.07, 6.45) is 0. The Labute approximate surface area is 103 Å². The quantitative estimate of drug-likeness (QED) is 0.710. The highest BCUT2D eigenvalue weighted by atomic mass is 16.4. The first-order chi connectivity index (χ1) is 8.43. The zero-order valence-electron chi connectivity index (χ0n) is 9.66. The Morgan fingerprint density at radius 2 is 1.61 bits per heavy atom. The number of rotatable bonds is 5. The van der Waals surface area contributed by atoms with E-state index >= 15 is 0 Å². The van der Waals surface area contributed by atoms with Crippen LogP contribution in [0.25, 0.3) is 0 Å². The van der Waals surface area contributed by atoms with E-state index in [1.54, 1.807) is 18.2 Å². The second kappa shape index (κ2) is 5.81. The van der Waals surface area contributed by atoms with Crippen LogP contribution in [0.1, 0.15) is 17.3 Å². The molecule has 6 heteroatoms. The lowest BCUT2D eigenvalue weighted by Crippen LogP contribution is -2.47. The zero-order chi connectivity index (χ0) is 13.7. The number of hydrogen-bond acceptors (Lipinski definition) is 3. The third-order valence-corrected chi connectivity index (χ3v) is 2.48. The lowest BCUT2D eigenvalue weighted by atomic mass is 10.0. The number of benzene rings is 1. The summed E-state index contributed by atoms with van der Waals surface area (Å²) in [7, 11) is 0. The van der Waals surface area contributed by atoms with Crippen LogP contribution >= 0.6 is 0 Å². The minimum atomic E-state index is -1.46. The molecule has 0 aliphatic rings. The summed E-state index contributed by atoms with van der Waals surface area (Å²) < 4.78 is 0. The van der Waals surface area contributed by atoms with Gasteiger partial charge in [-0.2, -0.15) is 0 Å². The van der Waals surface area contributed by atoms with Crippen LogP contribution < -0.4 is 5.32 Å². The standard InChI is InChI=1S/C12H13NO5/c1-7(11(15)16)9(12(17)18)13-10(14)8-5-3-2-4-6-8/h2-7,9H,1H3,(H,13,14)(H,15,16)(H,17,18)/t7-,9-/m1/s1. The molecule has 0 aromatic heterocycles. The first-order valence-corrected chi connectivity index (χ1v) is 5.25. The van der Waals surface area contributed by atoms with Gasteiger partial charge in [-0.15, -0.1) is 0 Å². The van der Waals surface area contributed by atoms with Gasteiger partial charge in [0.15, 0.2) is 0 Å². The monoisotopic (exact) mass is 251 g/mol. The molecule has 0 saturated heterocycles. The molecule has 0 unspecified atom stereocenters.